The number of rotatable bonds is 8. The maximum absolute atomic E-state index is 12.2. The van der Waals surface area contributed by atoms with E-state index in [1.54, 1.807) is 11.5 Å². The van der Waals surface area contributed by atoms with Crippen molar-refractivity contribution in [2.45, 2.75) is 33.4 Å². The summed E-state index contributed by atoms with van der Waals surface area (Å²) in [6.45, 7) is 5.57. The molecule has 0 saturated heterocycles. The standard InChI is InChI=1S/C16H21N5O3.ClH/c1-3-17-10-13-6-4-5-7-14(13)19-16(22)8-9-20-11-15(21(23)24)18-12(20)2;/h4-7,11,17H,3,8-10H2,1-2H3,(H,19,22);1H. The first-order valence-corrected chi connectivity index (χ1v) is 7.78. The number of imidazole rings is 1. The van der Waals surface area contributed by atoms with E-state index in [-0.39, 0.29) is 30.6 Å². The molecular formula is C16H22ClN5O3. The number of amides is 1. The van der Waals surface area contributed by atoms with E-state index in [1.807, 2.05) is 31.2 Å². The van der Waals surface area contributed by atoms with Crippen LogP contribution in [0.3, 0.4) is 0 Å². The molecule has 0 saturated carbocycles. The van der Waals surface area contributed by atoms with Gasteiger partial charge in [-0.15, -0.1) is 12.4 Å². The van der Waals surface area contributed by atoms with Gasteiger partial charge in [-0.1, -0.05) is 25.1 Å². The number of hydrogen-bond donors (Lipinski definition) is 2. The minimum Gasteiger partial charge on any atom is -0.358 e. The lowest BCUT2D eigenvalue weighted by molar-refractivity contribution is -0.389. The topological polar surface area (TPSA) is 102 Å². The van der Waals surface area contributed by atoms with Crippen LogP contribution in [0.5, 0.6) is 0 Å². The number of nitrogens with zero attached hydrogens (tertiary/aromatic N) is 3. The summed E-state index contributed by atoms with van der Waals surface area (Å²) in [4.78, 5) is 26.2. The van der Waals surface area contributed by atoms with Crippen molar-refractivity contribution in [2.75, 3.05) is 11.9 Å². The smallest absolute Gasteiger partial charge is 0.358 e. The van der Waals surface area contributed by atoms with Crippen LogP contribution in [0, 0.1) is 17.0 Å². The number of benzene rings is 1. The normalized spacial score (nSPS) is 10.2. The number of nitro groups is 1. The van der Waals surface area contributed by atoms with E-state index >= 15 is 0 Å². The molecular weight excluding hydrogens is 346 g/mol. The average molecular weight is 368 g/mol. The molecule has 1 heterocycles. The van der Waals surface area contributed by atoms with Gasteiger partial charge in [0.05, 0.1) is 0 Å². The molecule has 0 radical (unpaired) electrons. The number of hydrogen-bond acceptors (Lipinski definition) is 5. The van der Waals surface area contributed by atoms with Gasteiger partial charge in [0.15, 0.2) is 0 Å². The van der Waals surface area contributed by atoms with E-state index in [4.69, 9.17) is 0 Å². The minimum atomic E-state index is -0.541. The summed E-state index contributed by atoms with van der Waals surface area (Å²) in [5, 5.41) is 16.8. The molecule has 9 heteroatoms. The van der Waals surface area contributed by atoms with Crippen LogP contribution in [-0.2, 0) is 17.9 Å². The van der Waals surface area contributed by atoms with Crippen molar-refractivity contribution in [2.24, 2.45) is 0 Å². The number of carbonyl (C=O) groups is 1. The first-order valence-electron chi connectivity index (χ1n) is 7.78. The lowest BCUT2D eigenvalue weighted by Crippen LogP contribution is -2.18. The molecule has 1 amide bonds. The number of para-hydroxylation sites is 1. The summed E-state index contributed by atoms with van der Waals surface area (Å²) in [5.74, 6) is 0.167. The fourth-order valence-corrected chi connectivity index (χ4v) is 2.30. The second-order valence-corrected chi connectivity index (χ2v) is 5.33. The van der Waals surface area contributed by atoms with Crippen LogP contribution in [0.1, 0.15) is 24.7 Å². The Morgan fingerprint density at radius 2 is 2.08 bits per heavy atom. The summed E-state index contributed by atoms with van der Waals surface area (Å²) in [7, 11) is 0. The van der Waals surface area contributed by atoms with Crippen molar-refractivity contribution >= 4 is 29.8 Å². The molecule has 2 N–H and O–H groups in total. The third-order valence-electron chi connectivity index (χ3n) is 3.59. The maximum Gasteiger partial charge on any atom is 0.381 e. The molecule has 136 valence electrons. The van der Waals surface area contributed by atoms with Gasteiger partial charge in [0.2, 0.25) is 11.7 Å². The highest BCUT2D eigenvalue weighted by Crippen LogP contribution is 2.16. The average Bonchev–Trinajstić information content (AvgIpc) is 2.93. The molecule has 0 unspecified atom stereocenters. The van der Waals surface area contributed by atoms with E-state index in [9.17, 15) is 14.9 Å². The minimum absolute atomic E-state index is 0. The molecule has 2 aromatic rings. The Bertz CT molecular complexity index is 732. The first-order chi connectivity index (χ1) is 11.5. The third-order valence-corrected chi connectivity index (χ3v) is 3.59. The van der Waals surface area contributed by atoms with Gasteiger partial charge in [-0.3, -0.25) is 4.79 Å². The van der Waals surface area contributed by atoms with Crippen LogP contribution < -0.4 is 10.6 Å². The van der Waals surface area contributed by atoms with E-state index in [0.29, 0.717) is 18.9 Å². The molecule has 0 spiro atoms. The second-order valence-electron chi connectivity index (χ2n) is 5.33. The van der Waals surface area contributed by atoms with Gasteiger partial charge < -0.3 is 25.3 Å². The summed E-state index contributed by atoms with van der Waals surface area (Å²) in [5.41, 5.74) is 1.79. The largest absolute Gasteiger partial charge is 0.381 e. The van der Waals surface area contributed by atoms with Crippen molar-refractivity contribution in [1.29, 1.82) is 0 Å². The van der Waals surface area contributed by atoms with Gasteiger partial charge >= 0.3 is 5.82 Å². The van der Waals surface area contributed by atoms with Gasteiger partial charge in [0.1, 0.15) is 6.20 Å². The van der Waals surface area contributed by atoms with Gasteiger partial charge in [0.25, 0.3) is 0 Å². The monoisotopic (exact) mass is 367 g/mol. The predicted molar refractivity (Wildman–Crippen MR) is 97.9 cm³/mol. The lowest BCUT2D eigenvalue weighted by Gasteiger charge is -2.11. The quantitative estimate of drug-likeness (QED) is 0.551. The Balaban J connectivity index is 0.00000312. The maximum atomic E-state index is 12.2. The Hall–Kier alpha value is -2.45. The van der Waals surface area contributed by atoms with Crippen LogP contribution >= 0.6 is 12.4 Å². The van der Waals surface area contributed by atoms with E-state index in [1.165, 1.54) is 6.20 Å². The van der Waals surface area contributed by atoms with Crippen LogP contribution in [0.15, 0.2) is 30.5 Å². The fraction of sp³-hybridized carbons (Fsp3) is 0.375. The molecule has 1 aromatic heterocycles. The highest BCUT2D eigenvalue weighted by Gasteiger charge is 2.15. The Morgan fingerprint density at radius 1 is 1.36 bits per heavy atom. The van der Waals surface area contributed by atoms with Gasteiger partial charge in [0, 0.05) is 32.1 Å². The Kier molecular flexibility index (Phi) is 8.03. The van der Waals surface area contributed by atoms with Gasteiger partial charge in [-0.05, 0) is 28.1 Å². The first kappa shape index (κ1) is 20.6. The second kappa shape index (κ2) is 9.75. The number of anilines is 1. The number of aryl methyl sites for hydroxylation is 2. The molecule has 2 rings (SSSR count). The molecule has 8 nitrogen and oxygen atoms in total. The van der Waals surface area contributed by atoms with Crippen LogP contribution in [0.2, 0.25) is 0 Å². The number of nitrogens with one attached hydrogen (secondary N) is 2. The van der Waals surface area contributed by atoms with Crippen LogP contribution in [-0.4, -0.2) is 26.9 Å². The summed E-state index contributed by atoms with van der Waals surface area (Å²) in [6.07, 6.45) is 1.56. The van der Waals surface area contributed by atoms with Crippen molar-refractivity contribution in [1.82, 2.24) is 14.9 Å². The lowest BCUT2D eigenvalue weighted by atomic mass is 10.1. The van der Waals surface area contributed by atoms with Gasteiger partial charge in [-0.2, -0.15) is 0 Å². The third kappa shape index (κ3) is 5.84. The van der Waals surface area contributed by atoms with E-state index < -0.39 is 4.92 Å². The van der Waals surface area contributed by atoms with Crippen LogP contribution in [0.25, 0.3) is 0 Å². The molecule has 0 aliphatic rings. The van der Waals surface area contributed by atoms with Crippen molar-refractivity contribution < 1.29 is 9.72 Å². The molecule has 0 atom stereocenters. The predicted octanol–water partition coefficient (Wildman–Crippen LogP) is 2.66. The summed E-state index contributed by atoms with van der Waals surface area (Å²) < 4.78 is 1.61. The van der Waals surface area contributed by atoms with Crippen molar-refractivity contribution in [3.05, 3.63) is 52.0 Å². The highest BCUT2D eigenvalue weighted by molar-refractivity contribution is 5.91. The molecule has 0 aliphatic heterocycles. The highest BCUT2D eigenvalue weighted by atomic mass is 35.5. The molecule has 0 fully saturated rings. The van der Waals surface area contributed by atoms with E-state index in [2.05, 4.69) is 15.6 Å². The molecule has 25 heavy (non-hydrogen) atoms. The number of carbonyl (C=O) groups excluding carboxylic acids is 1. The number of halogens is 1. The summed E-state index contributed by atoms with van der Waals surface area (Å²) in [6, 6.07) is 7.62. The number of aromatic nitrogens is 2. The fourth-order valence-electron chi connectivity index (χ4n) is 2.30. The summed E-state index contributed by atoms with van der Waals surface area (Å²) >= 11 is 0. The Morgan fingerprint density at radius 3 is 2.72 bits per heavy atom. The SMILES string of the molecule is CCNCc1ccccc1NC(=O)CCn1cc([N+](=O)[O-])nc1C.Cl. The molecule has 0 aliphatic carbocycles. The van der Waals surface area contributed by atoms with Crippen molar-refractivity contribution in [3.63, 3.8) is 0 Å². The Labute approximate surface area is 152 Å². The zero-order chi connectivity index (χ0) is 17.5. The van der Waals surface area contributed by atoms with Crippen molar-refractivity contribution in [3.8, 4) is 0 Å². The zero-order valence-electron chi connectivity index (χ0n) is 14.2. The molecule has 1 aromatic carbocycles. The van der Waals surface area contributed by atoms with Crippen LogP contribution in [0.4, 0.5) is 11.5 Å². The molecule has 0 bridgehead atoms. The van der Waals surface area contributed by atoms with E-state index in [0.717, 1.165) is 17.8 Å². The zero-order valence-corrected chi connectivity index (χ0v) is 15.0. The van der Waals surface area contributed by atoms with Gasteiger partial charge in [-0.25, -0.2) is 0 Å².